The highest BCUT2D eigenvalue weighted by Gasteiger charge is 2.38. The minimum Gasteiger partial charge on any atom is -0.489 e. The van der Waals surface area contributed by atoms with Gasteiger partial charge in [0, 0.05) is 17.3 Å². The van der Waals surface area contributed by atoms with Crippen LogP contribution in [0.25, 0.3) is 11.1 Å². The molecule has 0 unspecified atom stereocenters. The van der Waals surface area contributed by atoms with Gasteiger partial charge < -0.3 is 14.8 Å². The van der Waals surface area contributed by atoms with Gasteiger partial charge in [-0.05, 0) is 65.9 Å². The lowest BCUT2D eigenvalue weighted by atomic mass is 9.95. The zero-order valence-electron chi connectivity index (χ0n) is 21.8. The van der Waals surface area contributed by atoms with Crippen LogP contribution in [-0.4, -0.2) is 11.9 Å². The summed E-state index contributed by atoms with van der Waals surface area (Å²) in [5.41, 5.74) is 3.30. The molecule has 1 fully saturated rings. The van der Waals surface area contributed by atoms with E-state index >= 15 is 0 Å². The Kier molecular flexibility index (Phi) is 8.50. The molecule has 0 saturated heterocycles. The first kappa shape index (κ1) is 27.1. The van der Waals surface area contributed by atoms with Gasteiger partial charge in [-0.15, -0.1) is 0 Å². The van der Waals surface area contributed by atoms with Crippen LogP contribution in [0.5, 0.6) is 5.75 Å². The van der Waals surface area contributed by atoms with Gasteiger partial charge in [0.05, 0.1) is 11.8 Å². The molecule has 1 aliphatic carbocycles. The molecule has 7 heteroatoms. The van der Waals surface area contributed by atoms with E-state index in [4.69, 9.17) is 9.47 Å². The van der Waals surface area contributed by atoms with Crippen LogP contribution < -0.4 is 10.1 Å². The number of hydrogen-bond acceptors (Lipinski definition) is 4. The Bertz CT molecular complexity index is 1470. The summed E-state index contributed by atoms with van der Waals surface area (Å²) in [5.74, 6) is -2.08. The van der Waals surface area contributed by atoms with Gasteiger partial charge in [0.1, 0.15) is 30.6 Å². The summed E-state index contributed by atoms with van der Waals surface area (Å²) < 4.78 is 38.6. The van der Waals surface area contributed by atoms with Crippen molar-refractivity contribution in [1.29, 1.82) is 0 Å². The van der Waals surface area contributed by atoms with E-state index in [-0.39, 0.29) is 25.1 Å². The topological polar surface area (TPSA) is 64.6 Å². The lowest BCUT2D eigenvalue weighted by molar-refractivity contribution is -0.152. The van der Waals surface area contributed by atoms with Gasteiger partial charge in [0.25, 0.3) is 0 Å². The second-order valence-corrected chi connectivity index (χ2v) is 9.86. The number of amides is 1. The maximum absolute atomic E-state index is 14.1. The molecule has 0 bridgehead atoms. The second kappa shape index (κ2) is 12.6. The van der Waals surface area contributed by atoms with Gasteiger partial charge >= 0.3 is 5.97 Å². The van der Waals surface area contributed by atoms with E-state index in [2.05, 4.69) is 5.32 Å². The summed E-state index contributed by atoms with van der Waals surface area (Å²) in [5, 5.41) is 2.95. The average molecular weight is 542 g/mol. The van der Waals surface area contributed by atoms with Crippen LogP contribution in [0.3, 0.4) is 0 Å². The van der Waals surface area contributed by atoms with Crippen molar-refractivity contribution < 1.29 is 27.8 Å². The van der Waals surface area contributed by atoms with Gasteiger partial charge in [-0.2, -0.15) is 0 Å². The molecule has 5 nitrogen and oxygen atoms in total. The van der Waals surface area contributed by atoms with Crippen LogP contribution >= 0.6 is 0 Å². The van der Waals surface area contributed by atoms with Gasteiger partial charge in [0.15, 0.2) is 0 Å². The van der Waals surface area contributed by atoms with Crippen LogP contribution in [-0.2, 0) is 27.5 Å². The third-order valence-corrected chi connectivity index (χ3v) is 7.08. The molecular weight excluding hydrogens is 512 g/mol. The molecule has 5 rings (SSSR count). The fraction of sp³-hybridized carbons (Fsp3) is 0.212. The van der Waals surface area contributed by atoms with E-state index in [0.717, 1.165) is 23.6 Å². The Balaban J connectivity index is 1.15. The average Bonchev–Trinajstić information content (AvgIpc) is 3.47. The third-order valence-electron chi connectivity index (χ3n) is 7.08. The van der Waals surface area contributed by atoms with E-state index < -0.39 is 23.5 Å². The number of carbonyl (C=O) groups is 2. The number of benzene rings is 4. The molecule has 1 amide bonds. The summed E-state index contributed by atoms with van der Waals surface area (Å²) in [4.78, 5) is 25.8. The Morgan fingerprint density at radius 2 is 1.52 bits per heavy atom. The minimum absolute atomic E-state index is 0.193. The predicted octanol–water partition coefficient (Wildman–Crippen LogP) is 7.31. The summed E-state index contributed by atoms with van der Waals surface area (Å²) in [6.07, 6.45) is 2.06. The number of hydrogen-bond donors (Lipinski definition) is 1. The molecule has 4 aromatic rings. The summed E-state index contributed by atoms with van der Waals surface area (Å²) in [7, 11) is 0. The number of esters is 1. The summed E-state index contributed by atoms with van der Waals surface area (Å²) >= 11 is 0. The predicted molar refractivity (Wildman–Crippen MR) is 148 cm³/mol. The van der Waals surface area contributed by atoms with Crippen LogP contribution in [0, 0.1) is 23.5 Å². The maximum Gasteiger partial charge on any atom is 0.310 e. The van der Waals surface area contributed by atoms with E-state index in [1.165, 1.54) is 12.1 Å². The van der Waals surface area contributed by atoms with Gasteiger partial charge in [0.2, 0.25) is 5.91 Å². The van der Waals surface area contributed by atoms with Crippen LogP contribution in [0.15, 0.2) is 97.1 Å². The normalized spacial score (nSPS) is 16.4. The zero-order chi connectivity index (χ0) is 27.9. The smallest absolute Gasteiger partial charge is 0.310 e. The van der Waals surface area contributed by atoms with Gasteiger partial charge in [-0.1, -0.05) is 61.0 Å². The lowest BCUT2D eigenvalue weighted by Gasteiger charge is -2.18. The quantitative estimate of drug-likeness (QED) is 0.226. The third kappa shape index (κ3) is 6.72. The Morgan fingerprint density at radius 3 is 2.30 bits per heavy atom. The standard InChI is InChI=1S/C33H29F2NO4/c34-25-14-17-28(31(35)19-25)24-12-15-27(16-13-24)39-21-23-8-4-9-26(18-23)36-32(37)29-10-5-11-30(29)33(38)40-20-22-6-2-1-3-7-22/h1-4,6-9,12-19,29-30H,5,10-11,20-21H2,(H,36,37)/t29-,30-/m0/s1. The van der Waals surface area contributed by atoms with Crippen molar-refractivity contribution >= 4 is 17.6 Å². The van der Waals surface area contributed by atoms with Crippen molar-refractivity contribution in [3.8, 4) is 16.9 Å². The van der Waals surface area contributed by atoms with Crippen LogP contribution in [0.2, 0.25) is 0 Å². The first-order valence-corrected chi connectivity index (χ1v) is 13.2. The first-order valence-electron chi connectivity index (χ1n) is 13.2. The van der Waals surface area contributed by atoms with Crippen molar-refractivity contribution in [2.75, 3.05) is 5.32 Å². The molecule has 1 N–H and O–H groups in total. The Hall–Kier alpha value is -4.52. The van der Waals surface area contributed by atoms with E-state index in [1.807, 2.05) is 48.5 Å². The molecular formula is C33H29F2NO4. The van der Waals surface area contributed by atoms with E-state index in [0.29, 0.717) is 35.4 Å². The van der Waals surface area contributed by atoms with Gasteiger partial charge in [-0.3, -0.25) is 9.59 Å². The van der Waals surface area contributed by atoms with Crippen molar-refractivity contribution in [3.05, 3.63) is 120 Å². The molecule has 204 valence electrons. The number of ether oxygens (including phenoxy) is 2. The number of anilines is 1. The molecule has 40 heavy (non-hydrogen) atoms. The second-order valence-electron chi connectivity index (χ2n) is 9.86. The Labute approximate surface area is 231 Å². The van der Waals surface area contributed by atoms with Crippen molar-refractivity contribution in [1.82, 2.24) is 0 Å². The highest BCUT2D eigenvalue weighted by atomic mass is 19.1. The Morgan fingerprint density at radius 1 is 0.775 bits per heavy atom. The maximum atomic E-state index is 14.1. The van der Waals surface area contributed by atoms with E-state index in [1.54, 1.807) is 30.3 Å². The van der Waals surface area contributed by atoms with Gasteiger partial charge in [-0.25, -0.2) is 8.78 Å². The molecule has 1 aliphatic rings. The van der Waals surface area contributed by atoms with Crippen LogP contribution in [0.1, 0.15) is 30.4 Å². The highest BCUT2D eigenvalue weighted by Crippen LogP contribution is 2.34. The molecule has 0 spiro atoms. The molecule has 0 aromatic heterocycles. The van der Waals surface area contributed by atoms with Crippen molar-refractivity contribution in [3.63, 3.8) is 0 Å². The first-order chi connectivity index (χ1) is 19.5. The zero-order valence-corrected chi connectivity index (χ0v) is 21.8. The molecule has 0 radical (unpaired) electrons. The van der Waals surface area contributed by atoms with Crippen molar-refractivity contribution in [2.24, 2.45) is 11.8 Å². The molecule has 4 aromatic carbocycles. The number of nitrogens with one attached hydrogen (secondary N) is 1. The fourth-order valence-corrected chi connectivity index (χ4v) is 4.99. The number of rotatable bonds is 9. The monoisotopic (exact) mass is 541 g/mol. The van der Waals surface area contributed by atoms with Crippen LogP contribution in [0.4, 0.5) is 14.5 Å². The fourth-order valence-electron chi connectivity index (χ4n) is 4.99. The molecule has 0 aliphatic heterocycles. The highest BCUT2D eigenvalue weighted by molar-refractivity contribution is 5.95. The molecule has 1 saturated carbocycles. The number of halogens is 2. The molecule has 0 heterocycles. The van der Waals surface area contributed by atoms with Crippen molar-refractivity contribution in [2.45, 2.75) is 32.5 Å². The minimum atomic E-state index is -0.625. The SMILES string of the molecule is O=C(Nc1cccc(COc2ccc(-c3ccc(F)cc3F)cc2)c1)[C@H]1CCC[C@@H]1C(=O)OCc1ccccc1. The number of carbonyl (C=O) groups excluding carboxylic acids is 2. The largest absolute Gasteiger partial charge is 0.489 e. The van der Waals surface area contributed by atoms with E-state index in [9.17, 15) is 18.4 Å². The summed E-state index contributed by atoms with van der Waals surface area (Å²) in [6.45, 7) is 0.449. The molecule has 2 atom stereocenters. The summed E-state index contributed by atoms with van der Waals surface area (Å²) in [6, 6.07) is 27.2. The lowest BCUT2D eigenvalue weighted by Crippen LogP contribution is -2.31.